The van der Waals surface area contributed by atoms with Crippen molar-refractivity contribution in [2.24, 2.45) is 0 Å². The van der Waals surface area contributed by atoms with Crippen LogP contribution in [0.25, 0.3) is 0 Å². The Labute approximate surface area is 177 Å². The van der Waals surface area contributed by atoms with E-state index in [1.165, 1.54) is 5.56 Å². The van der Waals surface area contributed by atoms with Gasteiger partial charge in [-0.25, -0.2) is 0 Å². The molecule has 7 heteroatoms. The van der Waals surface area contributed by atoms with E-state index in [2.05, 4.69) is 53.3 Å². The molecule has 156 valence electrons. The molecule has 2 rings (SSSR count). The summed E-state index contributed by atoms with van der Waals surface area (Å²) in [5.74, 6) is 0.0306. The zero-order valence-corrected chi connectivity index (χ0v) is 18.5. The van der Waals surface area contributed by atoms with Gasteiger partial charge < -0.3 is 15.5 Å². The van der Waals surface area contributed by atoms with Crippen molar-refractivity contribution in [3.8, 4) is 0 Å². The van der Waals surface area contributed by atoms with Gasteiger partial charge in [0.15, 0.2) is 0 Å². The summed E-state index contributed by atoms with van der Waals surface area (Å²) < 4.78 is 0. The molecular formula is C20H36Cl2N4O. The standard InChI is InChI=1S/C20H34N4O.2ClH/c1-4-24(17(2)3)16-18-6-8-19(9-7-18)20(25)22-10-5-13-23-14-11-21-12-15-23;;/h6-9,17,21H,4-5,10-16H2,1-3H3,(H,22,25);2*1H. The van der Waals surface area contributed by atoms with Crippen LogP contribution in [0.2, 0.25) is 0 Å². The number of hydrogen-bond acceptors (Lipinski definition) is 4. The Morgan fingerprint density at radius 1 is 1.19 bits per heavy atom. The third-order valence-electron chi connectivity index (χ3n) is 4.88. The second-order valence-electron chi connectivity index (χ2n) is 7.05. The van der Waals surface area contributed by atoms with Gasteiger partial charge in [-0.05, 0) is 51.1 Å². The highest BCUT2D eigenvalue weighted by atomic mass is 35.5. The fourth-order valence-corrected chi connectivity index (χ4v) is 3.20. The molecule has 2 N–H and O–H groups in total. The number of carbonyl (C=O) groups is 1. The average molecular weight is 419 g/mol. The van der Waals surface area contributed by atoms with Gasteiger partial charge in [-0.2, -0.15) is 0 Å². The minimum absolute atomic E-state index is 0. The Morgan fingerprint density at radius 2 is 1.81 bits per heavy atom. The molecule has 0 atom stereocenters. The maximum atomic E-state index is 12.2. The molecule has 0 aromatic heterocycles. The van der Waals surface area contributed by atoms with Gasteiger partial charge in [-0.3, -0.25) is 9.69 Å². The highest BCUT2D eigenvalue weighted by Gasteiger charge is 2.11. The second kappa shape index (κ2) is 14.2. The molecule has 1 amide bonds. The Kier molecular flexibility index (Phi) is 13.7. The molecule has 0 spiro atoms. The summed E-state index contributed by atoms with van der Waals surface area (Å²) in [5, 5.41) is 6.39. The number of hydrogen-bond donors (Lipinski definition) is 2. The number of rotatable bonds is 9. The molecular weight excluding hydrogens is 383 g/mol. The van der Waals surface area contributed by atoms with Crippen molar-refractivity contribution in [1.82, 2.24) is 20.4 Å². The van der Waals surface area contributed by atoms with Crippen LogP contribution in [-0.2, 0) is 6.54 Å². The van der Waals surface area contributed by atoms with E-state index < -0.39 is 0 Å². The Hall–Kier alpha value is -0.850. The third kappa shape index (κ3) is 9.26. The number of piperazine rings is 1. The van der Waals surface area contributed by atoms with Crippen LogP contribution in [0.15, 0.2) is 24.3 Å². The largest absolute Gasteiger partial charge is 0.352 e. The summed E-state index contributed by atoms with van der Waals surface area (Å²) in [6.45, 7) is 14.7. The smallest absolute Gasteiger partial charge is 0.251 e. The molecule has 0 radical (unpaired) electrons. The van der Waals surface area contributed by atoms with E-state index in [1.54, 1.807) is 0 Å². The van der Waals surface area contributed by atoms with Crippen molar-refractivity contribution in [2.75, 3.05) is 45.8 Å². The second-order valence-corrected chi connectivity index (χ2v) is 7.05. The topological polar surface area (TPSA) is 47.6 Å². The van der Waals surface area contributed by atoms with Gasteiger partial charge in [0.05, 0.1) is 0 Å². The molecule has 1 fully saturated rings. The maximum absolute atomic E-state index is 12.2. The molecule has 1 aliphatic heterocycles. The van der Waals surface area contributed by atoms with Crippen molar-refractivity contribution < 1.29 is 4.79 Å². The average Bonchev–Trinajstić information content (AvgIpc) is 2.64. The van der Waals surface area contributed by atoms with E-state index in [4.69, 9.17) is 0 Å². The molecule has 1 aromatic carbocycles. The van der Waals surface area contributed by atoms with Crippen LogP contribution in [-0.4, -0.2) is 67.6 Å². The molecule has 0 saturated carbocycles. The number of nitrogens with zero attached hydrogens (tertiary/aromatic N) is 2. The van der Waals surface area contributed by atoms with Crippen LogP contribution in [0.3, 0.4) is 0 Å². The SMILES string of the molecule is CCN(Cc1ccc(C(=O)NCCCN2CCNCC2)cc1)C(C)C.Cl.Cl. The highest BCUT2D eigenvalue weighted by Crippen LogP contribution is 2.10. The van der Waals surface area contributed by atoms with Gasteiger partial charge in [0.1, 0.15) is 0 Å². The van der Waals surface area contributed by atoms with E-state index in [0.717, 1.165) is 64.3 Å². The lowest BCUT2D eigenvalue weighted by Crippen LogP contribution is -2.44. The number of nitrogens with one attached hydrogen (secondary N) is 2. The number of carbonyl (C=O) groups excluding carboxylic acids is 1. The minimum atomic E-state index is 0. The van der Waals surface area contributed by atoms with Crippen LogP contribution >= 0.6 is 24.8 Å². The summed E-state index contributed by atoms with van der Waals surface area (Å²) in [7, 11) is 0. The highest BCUT2D eigenvalue weighted by molar-refractivity contribution is 5.94. The lowest BCUT2D eigenvalue weighted by molar-refractivity contribution is 0.0951. The fourth-order valence-electron chi connectivity index (χ4n) is 3.20. The van der Waals surface area contributed by atoms with Crippen molar-refractivity contribution in [1.29, 1.82) is 0 Å². The van der Waals surface area contributed by atoms with Gasteiger partial charge in [-0.1, -0.05) is 19.1 Å². The van der Waals surface area contributed by atoms with E-state index in [0.29, 0.717) is 6.04 Å². The first-order valence-electron chi connectivity index (χ1n) is 9.64. The number of benzene rings is 1. The first-order valence-corrected chi connectivity index (χ1v) is 9.64. The summed E-state index contributed by atoms with van der Waals surface area (Å²) in [6, 6.07) is 8.55. The molecule has 1 heterocycles. The number of amides is 1. The van der Waals surface area contributed by atoms with E-state index >= 15 is 0 Å². The normalized spacial score (nSPS) is 14.6. The fraction of sp³-hybridized carbons (Fsp3) is 0.650. The van der Waals surface area contributed by atoms with E-state index in [-0.39, 0.29) is 30.7 Å². The van der Waals surface area contributed by atoms with Crippen molar-refractivity contribution >= 4 is 30.7 Å². The Bertz CT molecular complexity index is 519. The quantitative estimate of drug-likeness (QED) is 0.605. The summed E-state index contributed by atoms with van der Waals surface area (Å²) in [6.07, 6.45) is 1.00. The number of halogens is 2. The zero-order chi connectivity index (χ0) is 18.1. The first-order chi connectivity index (χ1) is 12.1. The molecule has 1 aromatic rings. The third-order valence-corrected chi connectivity index (χ3v) is 4.88. The predicted molar refractivity (Wildman–Crippen MR) is 118 cm³/mol. The van der Waals surface area contributed by atoms with Crippen LogP contribution in [0, 0.1) is 0 Å². The lowest BCUT2D eigenvalue weighted by atomic mass is 10.1. The maximum Gasteiger partial charge on any atom is 0.251 e. The van der Waals surface area contributed by atoms with E-state index in [1.807, 2.05) is 12.1 Å². The molecule has 27 heavy (non-hydrogen) atoms. The van der Waals surface area contributed by atoms with Gasteiger partial charge in [0, 0.05) is 50.9 Å². The Balaban J connectivity index is 0.00000338. The molecule has 5 nitrogen and oxygen atoms in total. The minimum Gasteiger partial charge on any atom is -0.352 e. The summed E-state index contributed by atoms with van der Waals surface area (Å²) in [5.41, 5.74) is 2.00. The summed E-state index contributed by atoms with van der Waals surface area (Å²) in [4.78, 5) is 17.1. The van der Waals surface area contributed by atoms with Crippen molar-refractivity contribution in [3.63, 3.8) is 0 Å². The van der Waals surface area contributed by atoms with Gasteiger partial charge >= 0.3 is 0 Å². The first kappa shape index (κ1) is 26.1. The zero-order valence-electron chi connectivity index (χ0n) is 16.9. The molecule has 1 saturated heterocycles. The molecule has 0 aliphatic carbocycles. The molecule has 1 aliphatic rings. The Morgan fingerprint density at radius 3 is 2.37 bits per heavy atom. The van der Waals surface area contributed by atoms with Crippen LogP contribution in [0.1, 0.15) is 43.1 Å². The van der Waals surface area contributed by atoms with Gasteiger partial charge in [0.2, 0.25) is 0 Å². The molecule has 0 unspecified atom stereocenters. The van der Waals surface area contributed by atoms with Crippen LogP contribution < -0.4 is 10.6 Å². The van der Waals surface area contributed by atoms with Crippen LogP contribution in [0.4, 0.5) is 0 Å². The van der Waals surface area contributed by atoms with Gasteiger partial charge in [0.25, 0.3) is 5.91 Å². The van der Waals surface area contributed by atoms with Crippen molar-refractivity contribution in [3.05, 3.63) is 35.4 Å². The lowest BCUT2D eigenvalue weighted by Gasteiger charge is -2.27. The summed E-state index contributed by atoms with van der Waals surface area (Å²) >= 11 is 0. The molecule has 0 bridgehead atoms. The van der Waals surface area contributed by atoms with Gasteiger partial charge in [-0.15, -0.1) is 24.8 Å². The predicted octanol–water partition coefficient (Wildman–Crippen LogP) is 2.79. The van der Waals surface area contributed by atoms with Crippen molar-refractivity contribution in [2.45, 2.75) is 39.8 Å². The monoisotopic (exact) mass is 418 g/mol. The van der Waals surface area contributed by atoms with Crippen LogP contribution in [0.5, 0.6) is 0 Å². The van der Waals surface area contributed by atoms with E-state index in [9.17, 15) is 4.79 Å².